The summed E-state index contributed by atoms with van der Waals surface area (Å²) in [4.78, 5) is 15.5. The summed E-state index contributed by atoms with van der Waals surface area (Å²) in [5.41, 5.74) is 0. The van der Waals surface area contributed by atoms with Gasteiger partial charge in [-0.05, 0) is 32.7 Å². The minimum atomic E-state index is -0.267. The molecule has 4 heteroatoms. The molecular formula is C11H22N2O2. The monoisotopic (exact) mass is 214 g/mol. The van der Waals surface area contributed by atoms with Crippen LogP contribution in [0.2, 0.25) is 0 Å². The predicted molar refractivity (Wildman–Crippen MR) is 59.5 cm³/mol. The molecule has 0 spiro atoms. The maximum atomic E-state index is 11.7. The number of likely N-dealkylation sites (N-methyl/N-ethyl adjacent to an activating group) is 1. The van der Waals surface area contributed by atoms with Crippen molar-refractivity contribution < 1.29 is 9.90 Å². The maximum Gasteiger partial charge on any atom is 0.239 e. The van der Waals surface area contributed by atoms with Crippen molar-refractivity contribution in [1.29, 1.82) is 0 Å². The van der Waals surface area contributed by atoms with Gasteiger partial charge in [0.1, 0.15) is 0 Å². The molecule has 0 aliphatic carbocycles. The average Bonchev–Trinajstić information content (AvgIpc) is 2.64. The molecule has 1 saturated heterocycles. The Hall–Kier alpha value is -0.610. The van der Waals surface area contributed by atoms with Crippen LogP contribution in [-0.2, 0) is 4.79 Å². The summed E-state index contributed by atoms with van der Waals surface area (Å²) in [6, 6.07) is -0.0660. The zero-order valence-corrected chi connectivity index (χ0v) is 10.1. The van der Waals surface area contributed by atoms with Crippen LogP contribution in [0, 0.1) is 5.92 Å². The van der Waals surface area contributed by atoms with Gasteiger partial charge in [-0.1, -0.05) is 0 Å². The first-order chi connectivity index (χ1) is 6.93. The lowest BCUT2D eigenvalue weighted by atomic mass is 10.0. The van der Waals surface area contributed by atoms with Crippen LogP contribution in [0.25, 0.3) is 0 Å². The first-order valence-corrected chi connectivity index (χ1v) is 5.56. The summed E-state index contributed by atoms with van der Waals surface area (Å²) in [6.07, 6.45) is 0.722. The highest BCUT2D eigenvalue weighted by atomic mass is 16.3. The van der Waals surface area contributed by atoms with Gasteiger partial charge in [-0.15, -0.1) is 0 Å². The van der Waals surface area contributed by atoms with Crippen molar-refractivity contribution in [2.24, 2.45) is 5.92 Å². The minimum absolute atomic E-state index is 0.0660. The second-order valence-corrected chi connectivity index (χ2v) is 4.69. The molecule has 1 aliphatic rings. The summed E-state index contributed by atoms with van der Waals surface area (Å²) in [5.74, 6) is 0.462. The highest BCUT2D eigenvalue weighted by Crippen LogP contribution is 2.21. The highest BCUT2D eigenvalue weighted by molar-refractivity contribution is 5.80. The molecule has 1 heterocycles. The summed E-state index contributed by atoms with van der Waals surface area (Å²) in [7, 11) is 3.56. The third-order valence-electron chi connectivity index (χ3n) is 3.28. The number of hydrogen-bond donors (Lipinski definition) is 1. The standard InChI is InChI=1S/C11H22N2O2/c1-8(11(15)12(3)4)13-6-5-10(7-13)9(2)14/h8-10,14H,5-7H2,1-4H3. The molecule has 0 bridgehead atoms. The maximum absolute atomic E-state index is 11.7. The van der Waals surface area contributed by atoms with E-state index in [2.05, 4.69) is 4.90 Å². The molecule has 3 atom stereocenters. The van der Waals surface area contributed by atoms with Gasteiger partial charge in [0.2, 0.25) is 5.91 Å². The van der Waals surface area contributed by atoms with Crippen molar-refractivity contribution in [3.05, 3.63) is 0 Å². The molecule has 1 amide bonds. The van der Waals surface area contributed by atoms with Crippen LogP contribution in [-0.4, -0.2) is 60.1 Å². The van der Waals surface area contributed by atoms with E-state index in [4.69, 9.17) is 0 Å². The number of amides is 1. The topological polar surface area (TPSA) is 43.8 Å². The lowest BCUT2D eigenvalue weighted by molar-refractivity contribution is -0.133. The summed E-state index contributed by atoms with van der Waals surface area (Å²) >= 11 is 0. The fourth-order valence-corrected chi connectivity index (χ4v) is 2.09. The first kappa shape index (κ1) is 12.5. The number of aliphatic hydroxyl groups excluding tert-OH is 1. The normalized spacial score (nSPS) is 26.3. The first-order valence-electron chi connectivity index (χ1n) is 5.56. The third-order valence-corrected chi connectivity index (χ3v) is 3.28. The van der Waals surface area contributed by atoms with Crippen molar-refractivity contribution in [3.8, 4) is 0 Å². The summed E-state index contributed by atoms with van der Waals surface area (Å²) < 4.78 is 0. The second kappa shape index (κ2) is 4.94. The Kier molecular flexibility index (Phi) is 4.11. The van der Waals surface area contributed by atoms with E-state index in [9.17, 15) is 9.90 Å². The van der Waals surface area contributed by atoms with Crippen LogP contribution >= 0.6 is 0 Å². The number of aliphatic hydroxyl groups is 1. The molecule has 0 radical (unpaired) electrons. The molecule has 1 fully saturated rings. The van der Waals surface area contributed by atoms with Crippen molar-refractivity contribution in [2.75, 3.05) is 27.2 Å². The smallest absolute Gasteiger partial charge is 0.239 e. The van der Waals surface area contributed by atoms with E-state index in [0.29, 0.717) is 5.92 Å². The molecule has 1 rings (SSSR count). The zero-order chi connectivity index (χ0) is 11.6. The van der Waals surface area contributed by atoms with Crippen molar-refractivity contribution >= 4 is 5.91 Å². The Balaban J connectivity index is 2.50. The van der Waals surface area contributed by atoms with E-state index in [0.717, 1.165) is 19.5 Å². The number of likely N-dealkylation sites (tertiary alicyclic amines) is 1. The van der Waals surface area contributed by atoms with Crippen molar-refractivity contribution in [3.63, 3.8) is 0 Å². The van der Waals surface area contributed by atoms with Gasteiger partial charge in [-0.25, -0.2) is 0 Å². The van der Waals surface area contributed by atoms with E-state index in [1.54, 1.807) is 19.0 Å². The van der Waals surface area contributed by atoms with Gasteiger partial charge in [0.25, 0.3) is 0 Å². The third kappa shape index (κ3) is 2.92. The number of carbonyl (C=O) groups excluding carboxylic acids is 1. The van der Waals surface area contributed by atoms with Crippen LogP contribution in [0.3, 0.4) is 0 Å². The molecule has 1 aliphatic heterocycles. The molecule has 15 heavy (non-hydrogen) atoms. The Morgan fingerprint density at radius 1 is 1.47 bits per heavy atom. The average molecular weight is 214 g/mol. The van der Waals surface area contributed by atoms with Crippen molar-refractivity contribution in [2.45, 2.75) is 32.4 Å². The zero-order valence-electron chi connectivity index (χ0n) is 10.1. The molecule has 3 unspecified atom stereocenters. The summed E-state index contributed by atoms with van der Waals surface area (Å²) in [5, 5.41) is 9.48. The van der Waals surface area contributed by atoms with Crippen LogP contribution in [0.1, 0.15) is 20.3 Å². The fourth-order valence-electron chi connectivity index (χ4n) is 2.09. The SMILES string of the molecule is CC(O)C1CCN(C(C)C(=O)N(C)C)C1. The van der Waals surface area contributed by atoms with Crippen LogP contribution in [0.15, 0.2) is 0 Å². The van der Waals surface area contributed by atoms with Gasteiger partial charge >= 0.3 is 0 Å². The Morgan fingerprint density at radius 3 is 2.47 bits per heavy atom. The molecular weight excluding hydrogens is 192 g/mol. The molecule has 4 nitrogen and oxygen atoms in total. The number of rotatable bonds is 3. The highest BCUT2D eigenvalue weighted by Gasteiger charge is 2.31. The molecule has 88 valence electrons. The Bertz CT molecular complexity index is 229. The predicted octanol–water partition coefficient (Wildman–Crippen LogP) is 0.166. The van der Waals surface area contributed by atoms with Gasteiger partial charge in [0.15, 0.2) is 0 Å². The van der Waals surface area contributed by atoms with Crippen LogP contribution in [0.5, 0.6) is 0 Å². The van der Waals surface area contributed by atoms with Gasteiger partial charge in [-0.2, -0.15) is 0 Å². The Morgan fingerprint density at radius 2 is 2.07 bits per heavy atom. The van der Waals surface area contributed by atoms with E-state index >= 15 is 0 Å². The molecule has 0 aromatic carbocycles. The van der Waals surface area contributed by atoms with E-state index in [-0.39, 0.29) is 18.1 Å². The van der Waals surface area contributed by atoms with E-state index < -0.39 is 0 Å². The lowest BCUT2D eigenvalue weighted by Gasteiger charge is -2.26. The fraction of sp³-hybridized carbons (Fsp3) is 0.909. The largest absolute Gasteiger partial charge is 0.393 e. The quantitative estimate of drug-likeness (QED) is 0.728. The number of nitrogens with zero attached hydrogens (tertiary/aromatic N) is 2. The van der Waals surface area contributed by atoms with Crippen LogP contribution in [0.4, 0.5) is 0 Å². The Labute approximate surface area is 91.9 Å². The molecule has 0 aromatic heterocycles. The van der Waals surface area contributed by atoms with E-state index in [1.807, 2.05) is 13.8 Å². The lowest BCUT2D eigenvalue weighted by Crippen LogP contribution is -2.43. The van der Waals surface area contributed by atoms with Gasteiger partial charge in [0, 0.05) is 20.6 Å². The van der Waals surface area contributed by atoms with Gasteiger partial charge < -0.3 is 10.0 Å². The minimum Gasteiger partial charge on any atom is -0.393 e. The van der Waals surface area contributed by atoms with Gasteiger partial charge in [0.05, 0.1) is 12.1 Å². The summed E-state index contributed by atoms with van der Waals surface area (Å²) in [6.45, 7) is 5.51. The number of hydrogen-bond acceptors (Lipinski definition) is 3. The number of carbonyl (C=O) groups is 1. The molecule has 0 aromatic rings. The molecule has 0 saturated carbocycles. The van der Waals surface area contributed by atoms with Crippen molar-refractivity contribution in [1.82, 2.24) is 9.80 Å². The molecule has 1 N–H and O–H groups in total. The van der Waals surface area contributed by atoms with Gasteiger partial charge in [-0.3, -0.25) is 9.69 Å². The second-order valence-electron chi connectivity index (χ2n) is 4.69. The van der Waals surface area contributed by atoms with E-state index in [1.165, 1.54) is 0 Å². The van der Waals surface area contributed by atoms with Crippen LogP contribution < -0.4 is 0 Å².